The van der Waals surface area contributed by atoms with Gasteiger partial charge in [0.05, 0.1) is 30.5 Å². The zero-order chi connectivity index (χ0) is 20.5. The molecule has 2 heterocycles. The van der Waals surface area contributed by atoms with Crippen LogP contribution < -0.4 is 10.5 Å². The van der Waals surface area contributed by atoms with Gasteiger partial charge in [0.15, 0.2) is 0 Å². The number of aliphatic imine (C=N–C) groups is 1. The molecule has 1 aliphatic heterocycles. The minimum atomic E-state index is -3.49. The van der Waals surface area contributed by atoms with Gasteiger partial charge in [-0.1, -0.05) is 0 Å². The van der Waals surface area contributed by atoms with Crippen LogP contribution in [0.4, 0.5) is 11.5 Å². The van der Waals surface area contributed by atoms with Crippen molar-refractivity contribution < 1.29 is 18.1 Å². The fraction of sp³-hybridized carbons (Fsp3) is 0.500. The average Bonchev–Trinajstić information content (AvgIpc) is 3.22. The van der Waals surface area contributed by atoms with Crippen molar-refractivity contribution >= 4 is 33.0 Å². The summed E-state index contributed by atoms with van der Waals surface area (Å²) < 4.78 is 30.0. The largest absolute Gasteiger partial charge is 0.396 e. The molecule has 1 aromatic rings. The van der Waals surface area contributed by atoms with Crippen molar-refractivity contribution in [1.82, 2.24) is 14.5 Å². The van der Waals surface area contributed by atoms with Crippen LogP contribution in [0.25, 0.3) is 0 Å². The zero-order valence-electron chi connectivity index (χ0n) is 16.3. The van der Waals surface area contributed by atoms with Gasteiger partial charge in [0.2, 0.25) is 15.7 Å². The molecule has 1 atom stereocenters. The van der Waals surface area contributed by atoms with Crippen LogP contribution >= 0.6 is 0 Å². The van der Waals surface area contributed by atoms with E-state index in [2.05, 4.69) is 19.4 Å². The number of hydrogen-bond donors (Lipinski definition) is 3. The van der Waals surface area contributed by atoms with E-state index in [1.165, 1.54) is 0 Å². The van der Waals surface area contributed by atoms with Crippen LogP contribution in [-0.2, 0) is 10.0 Å². The van der Waals surface area contributed by atoms with Crippen LogP contribution in [0.5, 0.6) is 0 Å². The maximum Gasteiger partial charge on any atom is 0.229 e. The van der Waals surface area contributed by atoms with Gasteiger partial charge in [0, 0.05) is 30.5 Å². The number of sulfonamides is 1. The lowest BCUT2D eigenvalue weighted by molar-refractivity contribution is -0.507. The van der Waals surface area contributed by atoms with Gasteiger partial charge in [-0.25, -0.2) is 22.7 Å². The first-order chi connectivity index (χ1) is 13.2. The number of hydrogen-bond acceptors (Lipinski definition) is 6. The maximum absolute atomic E-state index is 11.9. The van der Waals surface area contributed by atoms with E-state index >= 15 is 0 Å². The molecule has 1 aliphatic carbocycles. The highest BCUT2D eigenvalue weighted by molar-refractivity contribution is 7.88. The Hall–Kier alpha value is -2.46. The number of aliphatic hydroxyl groups excluding tert-OH is 1. The molecule has 1 fully saturated rings. The van der Waals surface area contributed by atoms with Crippen molar-refractivity contribution in [2.75, 3.05) is 31.7 Å². The van der Waals surface area contributed by atoms with Gasteiger partial charge in [-0.2, -0.15) is 5.10 Å². The first-order valence-corrected chi connectivity index (χ1v) is 11.1. The lowest BCUT2D eigenvalue weighted by Crippen LogP contribution is -2.30. The first kappa shape index (κ1) is 20.3. The Morgan fingerprint density at radius 3 is 2.79 bits per heavy atom. The van der Waals surface area contributed by atoms with E-state index in [-0.39, 0.29) is 18.6 Å². The molecule has 0 amide bonds. The Labute approximate surface area is 165 Å². The third kappa shape index (κ3) is 4.50. The fourth-order valence-corrected chi connectivity index (χ4v) is 3.87. The number of nitrogen functional groups attached to an aromatic ring is 1. The Bertz CT molecular complexity index is 985. The van der Waals surface area contributed by atoms with Gasteiger partial charge in [-0.05, 0) is 19.9 Å². The second-order valence-corrected chi connectivity index (χ2v) is 9.17. The summed E-state index contributed by atoms with van der Waals surface area (Å²) in [6, 6.07) is 0.0922. The van der Waals surface area contributed by atoms with Crippen molar-refractivity contribution in [3.8, 4) is 0 Å². The lowest BCUT2D eigenvalue weighted by Gasteiger charge is -2.13. The predicted molar refractivity (Wildman–Crippen MR) is 110 cm³/mol. The molecule has 1 unspecified atom stereocenters. The summed E-state index contributed by atoms with van der Waals surface area (Å²) in [4.78, 5) is 4.53. The van der Waals surface area contributed by atoms with E-state index in [9.17, 15) is 13.5 Å². The molecule has 0 bridgehead atoms. The molecule has 28 heavy (non-hydrogen) atoms. The standard InChI is InChI=1S/C18H26N6O3S/c1-12(2)24-18(19)17(9-20-24)21-15-5-4-14(8-16(15)22-28(3,26)27)23-7-6-13(10-23)11-25/h4-5,8-9,12-13,25H,6-7,10-11H2,1-3H3,(H2,19,20,22)/p+1. The van der Waals surface area contributed by atoms with Crippen molar-refractivity contribution in [1.29, 1.82) is 0 Å². The van der Waals surface area contributed by atoms with E-state index < -0.39 is 10.0 Å². The first-order valence-electron chi connectivity index (χ1n) is 9.20. The number of aromatic nitrogens is 2. The lowest BCUT2D eigenvalue weighted by atomic mass is 10.1. The van der Waals surface area contributed by atoms with Crippen LogP contribution in [0.3, 0.4) is 0 Å². The number of nitrogens with two attached hydrogens (primary N) is 1. The molecular formula is C18H27N6O3S+. The normalized spacial score (nSPS) is 24.2. The Balaban J connectivity index is 1.99. The van der Waals surface area contributed by atoms with Gasteiger partial charge < -0.3 is 10.8 Å². The quantitative estimate of drug-likeness (QED) is 0.486. The molecule has 9 nitrogen and oxygen atoms in total. The molecule has 1 aromatic heterocycles. The van der Waals surface area contributed by atoms with E-state index in [0.717, 1.165) is 31.5 Å². The summed E-state index contributed by atoms with van der Waals surface area (Å²) in [5.41, 5.74) is 8.33. The molecular weight excluding hydrogens is 380 g/mol. The SMILES string of the molecule is CC(C)n1ncc(/N=C2C=C/C(=[N+]3/CCC(CO)C3)C=C/2NS(C)(=O)=O)c1N. The number of rotatable bonds is 5. The maximum atomic E-state index is 11.9. The number of nitrogens with zero attached hydrogens (tertiary/aromatic N) is 4. The van der Waals surface area contributed by atoms with Crippen LogP contribution in [-0.4, -0.2) is 65.3 Å². The molecule has 0 radical (unpaired) electrons. The van der Waals surface area contributed by atoms with Crippen LogP contribution in [0.2, 0.25) is 0 Å². The molecule has 1 saturated heterocycles. The molecule has 0 spiro atoms. The highest BCUT2D eigenvalue weighted by Crippen LogP contribution is 2.25. The van der Waals surface area contributed by atoms with Gasteiger partial charge in [0.25, 0.3) is 0 Å². The summed E-state index contributed by atoms with van der Waals surface area (Å²) in [5.74, 6) is 0.659. The second-order valence-electron chi connectivity index (χ2n) is 7.42. The van der Waals surface area contributed by atoms with Gasteiger partial charge >= 0.3 is 0 Å². The zero-order valence-corrected chi connectivity index (χ0v) is 17.1. The Morgan fingerprint density at radius 1 is 1.46 bits per heavy atom. The van der Waals surface area contributed by atoms with E-state index in [1.54, 1.807) is 23.0 Å². The monoisotopic (exact) mass is 407 g/mol. The molecule has 0 saturated carbocycles. The molecule has 2 aliphatic rings. The summed E-state index contributed by atoms with van der Waals surface area (Å²) in [6.07, 6.45) is 9.01. The highest BCUT2D eigenvalue weighted by Gasteiger charge is 2.28. The number of allylic oxidation sites excluding steroid dienone is 3. The smallest absolute Gasteiger partial charge is 0.229 e. The molecule has 3 rings (SSSR count). The summed E-state index contributed by atoms with van der Waals surface area (Å²) in [7, 11) is -3.49. The summed E-state index contributed by atoms with van der Waals surface area (Å²) in [6.45, 7) is 5.63. The Kier molecular flexibility index (Phi) is 5.71. The van der Waals surface area contributed by atoms with E-state index in [4.69, 9.17) is 5.73 Å². The van der Waals surface area contributed by atoms with Crippen molar-refractivity contribution in [2.24, 2.45) is 10.9 Å². The predicted octanol–water partition coefficient (Wildman–Crippen LogP) is 0.587. The average molecular weight is 408 g/mol. The highest BCUT2D eigenvalue weighted by atomic mass is 32.2. The van der Waals surface area contributed by atoms with Gasteiger partial charge in [0.1, 0.15) is 24.6 Å². The third-order valence-electron chi connectivity index (χ3n) is 4.73. The second kappa shape index (κ2) is 7.88. The van der Waals surface area contributed by atoms with Gasteiger partial charge in [-0.3, -0.25) is 4.72 Å². The summed E-state index contributed by atoms with van der Waals surface area (Å²) in [5, 5.41) is 13.6. The minimum Gasteiger partial charge on any atom is -0.396 e. The van der Waals surface area contributed by atoms with Crippen molar-refractivity contribution in [3.63, 3.8) is 0 Å². The number of aliphatic hydroxyl groups is 1. The molecule has 0 aromatic carbocycles. The minimum absolute atomic E-state index is 0.0922. The van der Waals surface area contributed by atoms with Crippen molar-refractivity contribution in [2.45, 2.75) is 26.3 Å². The van der Waals surface area contributed by atoms with Gasteiger partial charge in [-0.15, -0.1) is 0 Å². The van der Waals surface area contributed by atoms with Crippen LogP contribution in [0, 0.1) is 5.92 Å². The fourth-order valence-electron chi connectivity index (χ4n) is 3.31. The molecule has 152 valence electrons. The number of anilines is 1. The topological polar surface area (TPSA) is 126 Å². The Morgan fingerprint density at radius 2 is 2.21 bits per heavy atom. The van der Waals surface area contributed by atoms with E-state index in [0.29, 0.717) is 22.9 Å². The number of nitrogens with one attached hydrogen (secondary N) is 1. The molecule has 4 N–H and O–H groups in total. The van der Waals surface area contributed by atoms with Crippen LogP contribution in [0.1, 0.15) is 26.3 Å². The van der Waals surface area contributed by atoms with E-state index in [1.807, 2.05) is 19.9 Å². The summed E-state index contributed by atoms with van der Waals surface area (Å²) >= 11 is 0. The van der Waals surface area contributed by atoms with Crippen LogP contribution in [0.15, 0.2) is 35.1 Å². The molecule has 10 heteroatoms. The third-order valence-corrected chi connectivity index (χ3v) is 5.32. The van der Waals surface area contributed by atoms with Crippen molar-refractivity contribution in [3.05, 3.63) is 30.1 Å².